The van der Waals surface area contributed by atoms with Gasteiger partial charge in [-0.2, -0.15) is 10.5 Å². The average Bonchev–Trinajstić information content (AvgIpc) is 2.90. The van der Waals surface area contributed by atoms with Gasteiger partial charge in [-0.25, -0.2) is 0 Å². The molecular formula is C24H20N4. The molecule has 0 unspecified atom stereocenters. The van der Waals surface area contributed by atoms with E-state index in [4.69, 9.17) is 10.5 Å². The Bertz CT molecular complexity index is 1340. The van der Waals surface area contributed by atoms with E-state index in [-0.39, 0.29) is 5.57 Å². The molecule has 136 valence electrons. The van der Waals surface area contributed by atoms with E-state index in [1.54, 1.807) is 0 Å². The fourth-order valence-corrected chi connectivity index (χ4v) is 3.86. The minimum Gasteiger partial charge on any atom is -0.333 e. The van der Waals surface area contributed by atoms with E-state index in [9.17, 15) is 0 Å². The van der Waals surface area contributed by atoms with Crippen molar-refractivity contribution < 1.29 is 0 Å². The lowest BCUT2D eigenvalue weighted by molar-refractivity contribution is 0.517. The first-order valence-electron chi connectivity index (χ1n) is 9.12. The normalized spacial score (nSPS) is 14.0. The van der Waals surface area contributed by atoms with Crippen molar-refractivity contribution in [3.8, 4) is 12.1 Å². The van der Waals surface area contributed by atoms with E-state index in [1.165, 1.54) is 27.8 Å². The van der Waals surface area contributed by atoms with E-state index >= 15 is 0 Å². The number of allylic oxidation sites excluding steroid dienone is 2. The van der Waals surface area contributed by atoms with Crippen LogP contribution in [0.1, 0.15) is 13.8 Å². The van der Waals surface area contributed by atoms with Gasteiger partial charge in [-0.05, 0) is 59.7 Å². The van der Waals surface area contributed by atoms with Crippen molar-refractivity contribution in [2.24, 2.45) is 0 Å². The van der Waals surface area contributed by atoms with Gasteiger partial charge in [0.05, 0.1) is 0 Å². The first kappa shape index (κ1) is 17.6. The van der Waals surface area contributed by atoms with Crippen LogP contribution in [0.4, 0.5) is 0 Å². The summed E-state index contributed by atoms with van der Waals surface area (Å²) >= 11 is 0. The van der Waals surface area contributed by atoms with E-state index in [2.05, 4.69) is 68.1 Å². The molecule has 0 fully saturated rings. The molecule has 3 aromatic rings. The first-order valence-corrected chi connectivity index (χ1v) is 9.12. The van der Waals surface area contributed by atoms with Gasteiger partial charge in [0, 0.05) is 35.9 Å². The van der Waals surface area contributed by atoms with Crippen LogP contribution in [-0.4, -0.2) is 23.9 Å². The highest BCUT2D eigenvalue weighted by molar-refractivity contribution is 5.98. The summed E-state index contributed by atoms with van der Waals surface area (Å²) in [4.78, 5) is 4.45. The Balaban J connectivity index is 1.96. The van der Waals surface area contributed by atoms with Crippen molar-refractivity contribution in [3.63, 3.8) is 0 Å². The lowest BCUT2D eigenvalue weighted by Crippen LogP contribution is -2.25. The Hall–Kier alpha value is -3.76. The average molecular weight is 364 g/mol. The molecule has 0 saturated carbocycles. The maximum atomic E-state index is 9.11. The van der Waals surface area contributed by atoms with Crippen LogP contribution in [0.3, 0.4) is 0 Å². The summed E-state index contributed by atoms with van der Waals surface area (Å²) in [6.45, 7) is 4.28. The molecular weight excluding hydrogens is 344 g/mol. The zero-order chi connectivity index (χ0) is 20.0. The van der Waals surface area contributed by atoms with Crippen LogP contribution in [0.25, 0.3) is 32.9 Å². The molecule has 4 rings (SSSR count). The molecule has 0 aliphatic carbocycles. The highest BCUT2D eigenvalue weighted by Crippen LogP contribution is 2.29. The Labute approximate surface area is 164 Å². The summed E-state index contributed by atoms with van der Waals surface area (Å²) in [6, 6.07) is 20.4. The molecule has 0 bridgehead atoms. The molecule has 3 aromatic carbocycles. The molecule has 4 heteroatoms. The van der Waals surface area contributed by atoms with E-state index < -0.39 is 0 Å². The van der Waals surface area contributed by atoms with Gasteiger partial charge in [-0.15, -0.1) is 0 Å². The minimum atomic E-state index is 0.138. The van der Waals surface area contributed by atoms with Gasteiger partial charge in [-0.3, -0.25) is 0 Å². The number of fused-ring (bicyclic) bond motifs is 2. The maximum Gasteiger partial charge on any atom is 0.136 e. The topological polar surface area (TPSA) is 54.1 Å². The maximum absolute atomic E-state index is 9.11. The highest BCUT2D eigenvalue weighted by Gasteiger charge is 2.23. The second-order valence-electron chi connectivity index (χ2n) is 7.19. The molecule has 1 heterocycles. The van der Waals surface area contributed by atoms with Crippen LogP contribution in [0.2, 0.25) is 0 Å². The molecule has 0 aromatic heterocycles. The van der Waals surface area contributed by atoms with E-state index in [0.717, 1.165) is 16.2 Å². The van der Waals surface area contributed by atoms with Gasteiger partial charge in [0.1, 0.15) is 23.5 Å². The van der Waals surface area contributed by atoms with Crippen molar-refractivity contribution in [1.29, 1.82) is 10.5 Å². The fourth-order valence-electron chi connectivity index (χ4n) is 3.86. The number of rotatable bonds is 0. The van der Waals surface area contributed by atoms with Crippen molar-refractivity contribution in [3.05, 3.63) is 70.4 Å². The van der Waals surface area contributed by atoms with Gasteiger partial charge in [0.15, 0.2) is 0 Å². The quantitative estimate of drug-likeness (QED) is 0.574. The van der Waals surface area contributed by atoms with Crippen molar-refractivity contribution in [2.45, 2.75) is 13.8 Å². The molecule has 0 atom stereocenters. The molecule has 1 aliphatic rings. The molecule has 4 nitrogen and oxygen atoms in total. The standard InChI is InChI=1S/C24H20N4/c1-15-16(2)28(4)24(27(15)3)20-8-7-18-9-21-11-19(23(13-25)14-26)6-5-17(21)10-22(18)12-20/h5-12H,1-4H3. The smallest absolute Gasteiger partial charge is 0.136 e. The predicted molar refractivity (Wildman–Crippen MR) is 113 cm³/mol. The number of benzene rings is 3. The third-order valence-electron chi connectivity index (χ3n) is 5.73. The second kappa shape index (κ2) is 6.44. The molecule has 0 radical (unpaired) electrons. The van der Waals surface area contributed by atoms with Gasteiger partial charge in [-0.1, -0.05) is 24.3 Å². The summed E-state index contributed by atoms with van der Waals surface area (Å²) < 4.78 is 0. The van der Waals surface area contributed by atoms with Crippen LogP contribution in [0.5, 0.6) is 0 Å². The molecule has 0 saturated heterocycles. The predicted octanol–water partition coefficient (Wildman–Crippen LogP) is 3.39. The van der Waals surface area contributed by atoms with Crippen LogP contribution < -0.4 is 10.4 Å². The van der Waals surface area contributed by atoms with Gasteiger partial charge in [0.25, 0.3) is 0 Å². The molecule has 28 heavy (non-hydrogen) atoms. The zero-order valence-corrected chi connectivity index (χ0v) is 16.4. The van der Waals surface area contributed by atoms with Crippen molar-refractivity contribution in [1.82, 2.24) is 9.80 Å². The summed E-state index contributed by atoms with van der Waals surface area (Å²) in [5.41, 5.74) is 2.65. The second-order valence-corrected chi connectivity index (χ2v) is 7.19. The number of hydrogen-bond acceptors (Lipinski definition) is 4. The summed E-state index contributed by atoms with van der Waals surface area (Å²) in [5.74, 6) is 1.18. The lowest BCUT2D eigenvalue weighted by atomic mass is 10.0. The Morgan fingerprint density at radius 3 is 1.82 bits per heavy atom. The van der Waals surface area contributed by atoms with Gasteiger partial charge >= 0.3 is 0 Å². The first-order chi connectivity index (χ1) is 13.4. The zero-order valence-electron chi connectivity index (χ0n) is 16.4. The summed E-state index contributed by atoms with van der Waals surface area (Å²) in [7, 11) is 4.20. The molecule has 0 N–H and O–H groups in total. The van der Waals surface area contributed by atoms with Crippen molar-refractivity contribution in [2.75, 3.05) is 14.1 Å². The monoisotopic (exact) mass is 364 g/mol. The highest BCUT2D eigenvalue weighted by atomic mass is 15.4. The number of nitriles is 2. The SMILES string of the molecule is CC1=C(C)N(C)C(=c2ccc3cc4cc(=C(C#N)C#N)ccc4cc3c2)N1C. The largest absolute Gasteiger partial charge is 0.333 e. The summed E-state index contributed by atoms with van der Waals surface area (Å²) in [5, 5.41) is 24.5. The number of nitrogens with zero attached hydrogens (tertiary/aromatic N) is 4. The Morgan fingerprint density at radius 1 is 0.714 bits per heavy atom. The minimum absolute atomic E-state index is 0.138. The number of hydrogen-bond donors (Lipinski definition) is 0. The molecule has 0 spiro atoms. The Kier molecular flexibility index (Phi) is 4.06. The fraction of sp³-hybridized carbons (Fsp3) is 0.167. The van der Waals surface area contributed by atoms with Crippen LogP contribution in [0, 0.1) is 22.7 Å². The molecule has 1 aliphatic heterocycles. The third-order valence-corrected chi connectivity index (χ3v) is 5.73. The van der Waals surface area contributed by atoms with Gasteiger partial charge < -0.3 is 9.80 Å². The lowest BCUT2D eigenvalue weighted by Gasteiger charge is -2.20. The Morgan fingerprint density at radius 2 is 1.25 bits per heavy atom. The summed E-state index contributed by atoms with van der Waals surface area (Å²) in [6.07, 6.45) is 0. The van der Waals surface area contributed by atoms with Crippen LogP contribution in [-0.2, 0) is 0 Å². The van der Waals surface area contributed by atoms with E-state index in [0.29, 0.717) is 5.22 Å². The van der Waals surface area contributed by atoms with E-state index in [1.807, 2.05) is 30.3 Å². The van der Waals surface area contributed by atoms with Crippen LogP contribution >= 0.6 is 0 Å². The van der Waals surface area contributed by atoms with Crippen LogP contribution in [0.15, 0.2) is 59.9 Å². The van der Waals surface area contributed by atoms with Crippen molar-refractivity contribution >= 4 is 32.9 Å². The van der Waals surface area contributed by atoms with Gasteiger partial charge in [0.2, 0.25) is 0 Å². The third kappa shape index (κ3) is 2.59. The molecule has 0 amide bonds.